The molecule has 0 unspecified atom stereocenters. The van der Waals surface area contributed by atoms with E-state index in [-0.39, 0.29) is 12.2 Å². The summed E-state index contributed by atoms with van der Waals surface area (Å²) >= 11 is 0. The summed E-state index contributed by atoms with van der Waals surface area (Å²) in [4.78, 5) is 11.6. The number of nitrogens with zero attached hydrogens (tertiary/aromatic N) is 1. The molecule has 0 amide bonds. The molecule has 0 heterocycles. The van der Waals surface area contributed by atoms with Crippen molar-refractivity contribution in [2.45, 2.75) is 13.8 Å². The van der Waals surface area contributed by atoms with Gasteiger partial charge < -0.3 is 9.47 Å². The SMILES string of the molecule is CCOC(=O)c1cc(C#N)c(C)cc1OC. The molecule has 0 saturated heterocycles. The van der Waals surface area contributed by atoms with Gasteiger partial charge in [0.25, 0.3) is 0 Å². The average Bonchev–Trinajstić information content (AvgIpc) is 2.28. The lowest BCUT2D eigenvalue weighted by Crippen LogP contribution is -2.07. The molecule has 0 aliphatic carbocycles. The van der Waals surface area contributed by atoms with Crippen LogP contribution < -0.4 is 4.74 Å². The number of aryl methyl sites for hydroxylation is 1. The van der Waals surface area contributed by atoms with Crippen LogP contribution in [0.25, 0.3) is 0 Å². The monoisotopic (exact) mass is 219 g/mol. The third-order valence-electron chi connectivity index (χ3n) is 2.16. The Morgan fingerprint density at radius 2 is 2.19 bits per heavy atom. The van der Waals surface area contributed by atoms with Crippen LogP contribution >= 0.6 is 0 Å². The van der Waals surface area contributed by atoms with Crippen molar-refractivity contribution in [1.82, 2.24) is 0 Å². The van der Waals surface area contributed by atoms with Crippen LogP contribution in [-0.2, 0) is 4.74 Å². The second kappa shape index (κ2) is 5.17. The Kier molecular flexibility index (Phi) is 3.90. The zero-order valence-electron chi connectivity index (χ0n) is 9.53. The maximum atomic E-state index is 11.6. The summed E-state index contributed by atoms with van der Waals surface area (Å²) in [6, 6.07) is 5.17. The molecule has 0 radical (unpaired) electrons. The van der Waals surface area contributed by atoms with Gasteiger partial charge in [-0.25, -0.2) is 4.79 Å². The Hall–Kier alpha value is -2.02. The van der Waals surface area contributed by atoms with E-state index >= 15 is 0 Å². The van der Waals surface area contributed by atoms with Crippen LogP contribution in [0.1, 0.15) is 28.4 Å². The number of esters is 1. The van der Waals surface area contributed by atoms with E-state index in [1.54, 1.807) is 19.9 Å². The molecule has 0 aliphatic rings. The van der Waals surface area contributed by atoms with Gasteiger partial charge >= 0.3 is 5.97 Å². The lowest BCUT2D eigenvalue weighted by Gasteiger charge is -2.09. The lowest BCUT2D eigenvalue weighted by molar-refractivity contribution is 0.0522. The van der Waals surface area contributed by atoms with Gasteiger partial charge in [0.1, 0.15) is 11.3 Å². The molecule has 0 N–H and O–H groups in total. The van der Waals surface area contributed by atoms with Crippen LogP contribution in [0.5, 0.6) is 5.75 Å². The first-order chi connectivity index (χ1) is 7.63. The first kappa shape index (κ1) is 12.1. The molecule has 0 bridgehead atoms. The number of methoxy groups -OCH3 is 1. The summed E-state index contributed by atoms with van der Waals surface area (Å²) in [5, 5.41) is 8.88. The van der Waals surface area contributed by atoms with E-state index in [1.807, 2.05) is 6.07 Å². The predicted molar refractivity (Wildman–Crippen MR) is 58.4 cm³/mol. The molecule has 4 nitrogen and oxygen atoms in total. The highest BCUT2D eigenvalue weighted by Gasteiger charge is 2.15. The van der Waals surface area contributed by atoms with Crippen molar-refractivity contribution in [1.29, 1.82) is 5.26 Å². The van der Waals surface area contributed by atoms with Crippen LogP contribution in [0.2, 0.25) is 0 Å². The quantitative estimate of drug-likeness (QED) is 0.730. The van der Waals surface area contributed by atoms with Crippen molar-refractivity contribution in [3.05, 3.63) is 28.8 Å². The van der Waals surface area contributed by atoms with Crippen molar-refractivity contribution < 1.29 is 14.3 Å². The van der Waals surface area contributed by atoms with Gasteiger partial charge in [-0.2, -0.15) is 5.26 Å². The van der Waals surface area contributed by atoms with Gasteiger partial charge in [0.05, 0.1) is 25.3 Å². The number of carbonyl (C=O) groups is 1. The minimum absolute atomic E-state index is 0.284. The molecule has 1 aromatic rings. The zero-order valence-corrected chi connectivity index (χ0v) is 9.53. The second-order valence-electron chi connectivity index (χ2n) is 3.20. The van der Waals surface area contributed by atoms with Crippen molar-refractivity contribution in [2.75, 3.05) is 13.7 Å². The summed E-state index contributed by atoms with van der Waals surface area (Å²) in [6.07, 6.45) is 0. The molecule has 0 atom stereocenters. The molecule has 0 aliphatic heterocycles. The van der Waals surface area contributed by atoms with Gasteiger partial charge in [0, 0.05) is 0 Å². The van der Waals surface area contributed by atoms with Crippen LogP contribution in [-0.4, -0.2) is 19.7 Å². The number of rotatable bonds is 3. The topological polar surface area (TPSA) is 59.3 Å². The molecule has 4 heteroatoms. The van der Waals surface area contributed by atoms with E-state index in [0.29, 0.717) is 11.3 Å². The molecule has 0 fully saturated rings. The highest BCUT2D eigenvalue weighted by Crippen LogP contribution is 2.23. The fourth-order valence-electron chi connectivity index (χ4n) is 1.34. The molecule has 0 spiro atoms. The predicted octanol–water partition coefficient (Wildman–Crippen LogP) is 2.05. The minimum atomic E-state index is -0.476. The standard InChI is InChI=1S/C12H13NO3/c1-4-16-12(14)10-6-9(7-13)8(2)5-11(10)15-3/h5-6H,4H2,1-3H3. The Morgan fingerprint density at radius 3 is 2.69 bits per heavy atom. The van der Waals surface area contributed by atoms with Gasteiger partial charge in [-0.15, -0.1) is 0 Å². The van der Waals surface area contributed by atoms with Crippen LogP contribution in [0.4, 0.5) is 0 Å². The summed E-state index contributed by atoms with van der Waals surface area (Å²) in [6.45, 7) is 3.80. The highest BCUT2D eigenvalue weighted by atomic mass is 16.5. The fraction of sp³-hybridized carbons (Fsp3) is 0.333. The highest BCUT2D eigenvalue weighted by molar-refractivity contribution is 5.93. The summed E-state index contributed by atoms with van der Waals surface area (Å²) in [5.41, 5.74) is 1.50. The normalized spacial score (nSPS) is 9.38. The molecule has 1 aromatic carbocycles. The third kappa shape index (κ3) is 2.31. The van der Waals surface area contributed by atoms with Gasteiger partial charge in [-0.1, -0.05) is 0 Å². The number of hydrogen-bond donors (Lipinski definition) is 0. The summed E-state index contributed by atoms with van der Waals surface area (Å²) in [7, 11) is 1.48. The van der Waals surface area contributed by atoms with Gasteiger partial charge in [0.15, 0.2) is 0 Å². The van der Waals surface area contributed by atoms with Crippen molar-refractivity contribution >= 4 is 5.97 Å². The molecular formula is C12H13NO3. The Balaban J connectivity index is 3.26. The van der Waals surface area contributed by atoms with Crippen molar-refractivity contribution in [3.8, 4) is 11.8 Å². The van der Waals surface area contributed by atoms with Crippen LogP contribution in [0.3, 0.4) is 0 Å². The van der Waals surface area contributed by atoms with Crippen molar-refractivity contribution in [3.63, 3.8) is 0 Å². The van der Waals surface area contributed by atoms with E-state index in [9.17, 15) is 4.79 Å². The van der Waals surface area contributed by atoms with Crippen LogP contribution in [0.15, 0.2) is 12.1 Å². The van der Waals surface area contributed by atoms with Gasteiger partial charge in [0.2, 0.25) is 0 Å². The van der Waals surface area contributed by atoms with Crippen molar-refractivity contribution in [2.24, 2.45) is 0 Å². The Morgan fingerprint density at radius 1 is 1.50 bits per heavy atom. The number of benzene rings is 1. The maximum Gasteiger partial charge on any atom is 0.341 e. The lowest BCUT2D eigenvalue weighted by atomic mass is 10.0. The maximum absolute atomic E-state index is 11.6. The van der Waals surface area contributed by atoms with E-state index in [1.165, 1.54) is 13.2 Å². The molecule has 0 aromatic heterocycles. The summed E-state index contributed by atoms with van der Waals surface area (Å²) < 4.78 is 9.96. The van der Waals surface area contributed by atoms with Gasteiger partial charge in [-0.05, 0) is 31.5 Å². The molecule has 0 saturated carbocycles. The second-order valence-corrected chi connectivity index (χ2v) is 3.20. The zero-order chi connectivity index (χ0) is 12.1. The average molecular weight is 219 g/mol. The van der Waals surface area contributed by atoms with Crippen LogP contribution in [0, 0.1) is 18.3 Å². The largest absolute Gasteiger partial charge is 0.496 e. The molecule has 16 heavy (non-hydrogen) atoms. The van der Waals surface area contributed by atoms with E-state index in [0.717, 1.165) is 5.56 Å². The van der Waals surface area contributed by atoms with E-state index in [2.05, 4.69) is 0 Å². The Labute approximate surface area is 94.4 Å². The molecular weight excluding hydrogens is 206 g/mol. The summed E-state index contributed by atoms with van der Waals surface area (Å²) in [5.74, 6) is -0.0502. The minimum Gasteiger partial charge on any atom is -0.496 e. The van der Waals surface area contributed by atoms with E-state index in [4.69, 9.17) is 14.7 Å². The third-order valence-corrected chi connectivity index (χ3v) is 2.16. The Bertz CT molecular complexity index is 446. The van der Waals surface area contributed by atoms with Gasteiger partial charge in [-0.3, -0.25) is 0 Å². The van der Waals surface area contributed by atoms with E-state index < -0.39 is 5.97 Å². The first-order valence-corrected chi connectivity index (χ1v) is 4.89. The smallest absolute Gasteiger partial charge is 0.341 e. The number of ether oxygens (including phenoxy) is 2. The number of carbonyl (C=O) groups excluding carboxylic acids is 1. The number of nitriles is 1. The first-order valence-electron chi connectivity index (χ1n) is 4.89. The fourth-order valence-corrected chi connectivity index (χ4v) is 1.34. The number of hydrogen-bond acceptors (Lipinski definition) is 4. The molecule has 1 rings (SSSR count). The molecule has 84 valence electrons.